The van der Waals surface area contributed by atoms with E-state index in [0.29, 0.717) is 39.4 Å². The number of fused-ring (bicyclic) bond motifs is 2. The van der Waals surface area contributed by atoms with Gasteiger partial charge in [-0.05, 0) is 44.2 Å². The van der Waals surface area contributed by atoms with Gasteiger partial charge in [0.05, 0.1) is 0 Å². The highest BCUT2D eigenvalue weighted by molar-refractivity contribution is 5.93. The summed E-state index contributed by atoms with van der Waals surface area (Å²) in [6.45, 7) is 4.00. The van der Waals surface area contributed by atoms with E-state index in [9.17, 15) is 14.3 Å². The third-order valence-electron chi connectivity index (χ3n) is 4.49. The second-order valence-corrected chi connectivity index (χ2v) is 6.62. The largest absolute Gasteiger partial charge is 0.477 e. The Balaban J connectivity index is 1.97. The zero-order chi connectivity index (χ0) is 19.3. The van der Waals surface area contributed by atoms with Gasteiger partial charge in [0.25, 0.3) is 0 Å². The molecule has 27 heavy (non-hydrogen) atoms. The highest BCUT2D eigenvalue weighted by Crippen LogP contribution is 2.34. The molecule has 0 saturated heterocycles. The molecule has 0 spiro atoms. The summed E-state index contributed by atoms with van der Waals surface area (Å²) in [5.41, 5.74) is 1.79. The van der Waals surface area contributed by atoms with Crippen LogP contribution in [0, 0.1) is 5.82 Å². The number of carbonyl (C=O) groups is 1. The summed E-state index contributed by atoms with van der Waals surface area (Å²) in [6.07, 6.45) is 0. The van der Waals surface area contributed by atoms with Crippen molar-refractivity contribution in [2.24, 2.45) is 0 Å². The van der Waals surface area contributed by atoms with E-state index in [4.69, 9.17) is 4.42 Å². The fourth-order valence-corrected chi connectivity index (χ4v) is 2.83. The van der Waals surface area contributed by atoms with E-state index < -0.39 is 5.97 Å². The van der Waals surface area contributed by atoms with Crippen molar-refractivity contribution in [2.45, 2.75) is 19.9 Å². The number of H-pyrrole nitrogens is 1. The third-order valence-corrected chi connectivity index (χ3v) is 4.49. The number of aromatic amines is 1. The predicted molar refractivity (Wildman–Crippen MR) is 99.6 cm³/mol. The number of nitrogens with zero attached hydrogens (tertiary/aromatic N) is 3. The SMILES string of the molecule is CC(C)N(C)c1nc2[nH]c(C(=O)O)cc2nc1-c1cc2cc(F)ccc2o1. The van der Waals surface area contributed by atoms with Gasteiger partial charge in [0.2, 0.25) is 0 Å². The minimum absolute atomic E-state index is 0.00646. The Morgan fingerprint density at radius 3 is 2.74 bits per heavy atom. The Kier molecular flexibility index (Phi) is 3.83. The molecule has 0 amide bonds. The quantitative estimate of drug-likeness (QED) is 0.564. The average molecular weight is 368 g/mol. The number of nitrogens with one attached hydrogen (secondary N) is 1. The minimum atomic E-state index is -1.09. The Bertz CT molecular complexity index is 1180. The maximum atomic E-state index is 13.5. The number of benzene rings is 1. The van der Waals surface area contributed by atoms with Gasteiger partial charge in [-0.25, -0.2) is 19.2 Å². The van der Waals surface area contributed by atoms with Gasteiger partial charge in [0.1, 0.15) is 28.3 Å². The van der Waals surface area contributed by atoms with Crippen molar-refractivity contribution in [1.29, 1.82) is 0 Å². The van der Waals surface area contributed by atoms with Gasteiger partial charge in [-0.2, -0.15) is 0 Å². The lowest BCUT2D eigenvalue weighted by molar-refractivity contribution is 0.0691. The first kappa shape index (κ1) is 17.0. The van der Waals surface area contributed by atoms with Crippen molar-refractivity contribution in [3.05, 3.63) is 41.8 Å². The molecule has 0 radical (unpaired) electrons. The molecule has 4 rings (SSSR count). The van der Waals surface area contributed by atoms with E-state index in [2.05, 4.69) is 15.0 Å². The van der Waals surface area contributed by atoms with E-state index in [1.54, 1.807) is 12.1 Å². The number of anilines is 1. The smallest absolute Gasteiger partial charge is 0.352 e. The van der Waals surface area contributed by atoms with E-state index in [-0.39, 0.29) is 17.6 Å². The molecular formula is C19H17FN4O3. The average Bonchev–Trinajstić information content (AvgIpc) is 3.22. The molecule has 0 fully saturated rings. The fourth-order valence-electron chi connectivity index (χ4n) is 2.83. The van der Waals surface area contributed by atoms with Gasteiger partial charge in [0, 0.05) is 18.5 Å². The molecule has 0 aliphatic heterocycles. The molecule has 3 aromatic heterocycles. The summed E-state index contributed by atoms with van der Waals surface area (Å²) in [7, 11) is 1.87. The number of halogens is 1. The van der Waals surface area contributed by atoms with Gasteiger partial charge in [-0.15, -0.1) is 0 Å². The van der Waals surface area contributed by atoms with E-state index in [1.165, 1.54) is 18.2 Å². The summed E-state index contributed by atoms with van der Waals surface area (Å²) in [6, 6.07) is 7.53. The van der Waals surface area contributed by atoms with Crippen LogP contribution in [0.3, 0.4) is 0 Å². The molecule has 0 saturated carbocycles. The minimum Gasteiger partial charge on any atom is -0.477 e. The number of aromatic nitrogens is 3. The molecule has 0 atom stereocenters. The topological polar surface area (TPSA) is 95.2 Å². The number of rotatable bonds is 4. The van der Waals surface area contributed by atoms with Crippen LogP contribution in [0.1, 0.15) is 24.3 Å². The zero-order valence-electron chi connectivity index (χ0n) is 14.9. The van der Waals surface area contributed by atoms with Crippen molar-refractivity contribution in [1.82, 2.24) is 15.0 Å². The summed E-state index contributed by atoms with van der Waals surface area (Å²) in [5, 5.41) is 9.82. The lowest BCUT2D eigenvalue weighted by atomic mass is 10.2. The first-order chi connectivity index (χ1) is 12.8. The third kappa shape index (κ3) is 2.88. The van der Waals surface area contributed by atoms with Crippen molar-refractivity contribution in [2.75, 3.05) is 11.9 Å². The summed E-state index contributed by atoms with van der Waals surface area (Å²) in [5.74, 6) is -0.469. The standard InChI is InChI=1S/C19H17FN4O3/c1-9(2)24(3)18-16(15-7-10-6-11(20)4-5-14(10)27-15)21-12-8-13(19(25)26)22-17(12)23-18/h4-9H,1-3H3,(H,22,23)(H,25,26). The molecule has 0 unspecified atom stereocenters. The highest BCUT2D eigenvalue weighted by atomic mass is 19.1. The number of carboxylic acid groups (broad SMARTS) is 1. The number of hydrogen-bond acceptors (Lipinski definition) is 5. The highest BCUT2D eigenvalue weighted by Gasteiger charge is 2.21. The molecule has 3 heterocycles. The second-order valence-electron chi connectivity index (χ2n) is 6.62. The van der Waals surface area contributed by atoms with Gasteiger partial charge < -0.3 is 19.4 Å². The molecule has 4 aromatic rings. The van der Waals surface area contributed by atoms with Crippen molar-refractivity contribution < 1.29 is 18.7 Å². The van der Waals surface area contributed by atoms with Crippen LogP contribution < -0.4 is 4.90 Å². The van der Waals surface area contributed by atoms with Crippen molar-refractivity contribution in [3.63, 3.8) is 0 Å². The van der Waals surface area contributed by atoms with Crippen LogP contribution in [0.2, 0.25) is 0 Å². The molecule has 0 aliphatic rings. The van der Waals surface area contributed by atoms with E-state index >= 15 is 0 Å². The molecular weight excluding hydrogens is 351 g/mol. The second kappa shape index (κ2) is 6.08. The van der Waals surface area contributed by atoms with Crippen molar-refractivity contribution >= 4 is 33.9 Å². The Morgan fingerprint density at radius 2 is 2.04 bits per heavy atom. The zero-order valence-corrected chi connectivity index (χ0v) is 14.9. The molecule has 1 aromatic carbocycles. The summed E-state index contributed by atoms with van der Waals surface area (Å²) in [4.78, 5) is 25.1. The van der Waals surface area contributed by atoms with Crippen LogP contribution in [0.4, 0.5) is 10.2 Å². The summed E-state index contributed by atoms with van der Waals surface area (Å²) < 4.78 is 19.4. The first-order valence-electron chi connectivity index (χ1n) is 8.40. The predicted octanol–water partition coefficient (Wildman–Crippen LogP) is 4.05. The van der Waals surface area contributed by atoms with Crippen LogP contribution >= 0.6 is 0 Å². The Hall–Kier alpha value is -3.42. The molecule has 0 bridgehead atoms. The lowest BCUT2D eigenvalue weighted by Gasteiger charge is -2.23. The molecule has 138 valence electrons. The Morgan fingerprint density at radius 1 is 1.26 bits per heavy atom. The fraction of sp³-hybridized carbons (Fsp3) is 0.211. The number of hydrogen-bond donors (Lipinski definition) is 2. The maximum absolute atomic E-state index is 13.5. The maximum Gasteiger partial charge on any atom is 0.352 e. The van der Waals surface area contributed by atoms with Gasteiger partial charge in [-0.1, -0.05) is 0 Å². The molecule has 0 aliphatic carbocycles. The van der Waals surface area contributed by atoms with E-state index in [1.807, 2.05) is 25.8 Å². The molecule has 7 nitrogen and oxygen atoms in total. The van der Waals surface area contributed by atoms with Crippen LogP contribution in [-0.4, -0.2) is 39.1 Å². The van der Waals surface area contributed by atoms with Crippen LogP contribution in [0.5, 0.6) is 0 Å². The lowest BCUT2D eigenvalue weighted by Crippen LogP contribution is -2.27. The van der Waals surface area contributed by atoms with Gasteiger partial charge in [0.15, 0.2) is 17.2 Å². The number of aromatic carboxylic acids is 1. The van der Waals surface area contributed by atoms with Gasteiger partial charge >= 0.3 is 5.97 Å². The van der Waals surface area contributed by atoms with Crippen molar-refractivity contribution in [3.8, 4) is 11.5 Å². The molecule has 2 N–H and O–H groups in total. The van der Waals surface area contributed by atoms with Crippen LogP contribution in [0.25, 0.3) is 33.6 Å². The van der Waals surface area contributed by atoms with Crippen LogP contribution in [-0.2, 0) is 0 Å². The normalized spacial score (nSPS) is 11.6. The Labute approximate surface area is 153 Å². The number of furan rings is 1. The monoisotopic (exact) mass is 368 g/mol. The first-order valence-corrected chi connectivity index (χ1v) is 8.40. The summed E-state index contributed by atoms with van der Waals surface area (Å²) >= 11 is 0. The number of carboxylic acids is 1. The van der Waals surface area contributed by atoms with Crippen LogP contribution in [0.15, 0.2) is 34.7 Å². The molecule has 8 heteroatoms. The van der Waals surface area contributed by atoms with E-state index in [0.717, 1.165) is 0 Å². The van der Waals surface area contributed by atoms with Gasteiger partial charge in [-0.3, -0.25) is 0 Å².